The highest BCUT2D eigenvalue weighted by molar-refractivity contribution is 5.79. The number of carbonyl (C=O) groups is 2. The lowest BCUT2D eigenvalue weighted by atomic mass is 9.55. The summed E-state index contributed by atoms with van der Waals surface area (Å²) in [5, 5.41) is 15.9. The fourth-order valence-corrected chi connectivity index (χ4v) is 7.48. The number of carboxylic acid groups (broad SMARTS) is 1. The number of nitrogens with one attached hydrogen (secondary N) is 2. The van der Waals surface area contributed by atoms with Crippen LogP contribution in [0.5, 0.6) is 5.75 Å². The van der Waals surface area contributed by atoms with Crippen LogP contribution in [0.2, 0.25) is 0 Å². The topological polar surface area (TPSA) is 96.9 Å². The van der Waals surface area contributed by atoms with Gasteiger partial charge in [0.25, 0.3) is 0 Å². The fraction of sp³-hybridized carbons (Fsp3) is 0.733. The van der Waals surface area contributed by atoms with Gasteiger partial charge in [-0.1, -0.05) is 13.0 Å². The van der Waals surface area contributed by atoms with Gasteiger partial charge in [-0.15, -0.1) is 0 Å². The number of fused-ring (bicyclic) bond motifs is 5. The van der Waals surface area contributed by atoms with Crippen molar-refractivity contribution in [1.29, 1.82) is 0 Å². The summed E-state index contributed by atoms with van der Waals surface area (Å²) in [6.45, 7) is 8.67. The number of aliphatic carboxylic acids is 1. The molecular weight excluding hydrogens is 468 g/mol. The van der Waals surface area contributed by atoms with E-state index in [0.717, 1.165) is 43.4 Å². The molecule has 6 atom stereocenters. The molecule has 0 saturated heterocycles. The highest BCUT2D eigenvalue weighted by Gasteiger charge is 2.54. The molecule has 0 heterocycles. The van der Waals surface area contributed by atoms with E-state index >= 15 is 0 Å². The first-order valence-corrected chi connectivity index (χ1v) is 14.1. The number of unbranched alkanes of at least 4 members (excludes halogenated alkanes) is 1. The van der Waals surface area contributed by atoms with Gasteiger partial charge < -0.3 is 25.2 Å². The van der Waals surface area contributed by atoms with Crippen LogP contribution in [0.4, 0.5) is 4.79 Å². The van der Waals surface area contributed by atoms with E-state index in [0.29, 0.717) is 23.8 Å². The van der Waals surface area contributed by atoms with Gasteiger partial charge in [0, 0.05) is 6.04 Å². The number of carbonyl (C=O) groups excluding carboxylic acids is 1. The molecule has 2 unspecified atom stereocenters. The lowest BCUT2D eigenvalue weighted by Crippen LogP contribution is -2.48. The minimum absolute atomic E-state index is 0.326. The molecule has 3 aliphatic rings. The standard InChI is InChI=1S/C30H46N2O5/c1-29(2,3)37-28(35)32-25(27(33)34)8-6-7-17-31-26-14-13-24-23-11-9-19-18-20(36-5)10-12-21(19)22(23)15-16-30(24,26)4/h10,12,18,22-26,31H,6-9,11,13-17H2,1-5H3,(H,32,35)(H,33,34)/t22-,23-,24+,25?,26?,30+/m1/s1. The van der Waals surface area contributed by atoms with Gasteiger partial charge >= 0.3 is 12.1 Å². The van der Waals surface area contributed by atoms with Crippen molar-refractivity contribution >= 4 is 12.1 Å². The second-order valence-electron chi connectivity index (χ2n) is 12.6. The summed E-state index contributed by atoms with van der Waals surface area (Å²) >= 11 is 0. The minimum Gasteiger partial charge on any atom is -0.497 e. The molecule has 206 valence electrons. The number of aryl methyl sites for hydroxylation is 1. The summed E-state index contributed by atoms with van der Waals surface area (Å²) in [4.78, 5) is 23.6. The van der Waals surface area contributed by atoms with Crippen LogP contribution in [0.3, 0.4) is 0 Å². The van der Waals surface area contributed by atoms with Crippen LogP contribution >= 0.6 is 0 Å². The number of hydrogen-bond acceptors (Lipinski definition) is 5. The van der Waals surface area contributed by atoms with Gasteiger partial charge in [0.05, 0.1) is 7.11 Å². The Kier molecular flexibility index (Phi) is 8.41. The summed E-state index contributed by atoms with van der Waals surface area (Å²) < 4.78 is 10.7. The molecule has 4 rings (SSSR count). The Bertz CT molecular complexity index is 973. The second kappa shape index (κ2) is 11.2. The molecule has 0 spiro atoms. The van der Waals surface area contributed by atoms with E-state index < -0.39 is 23.7 Å². The number of benzene rings is 1. The summed E-state index contributed by atoms with van der Waals surface area (Å²) in [5.74, 6) is 2.15. The summed E-state index contributed by atoms with van der Waals surface area (Å²) in [7, 11) is 1.75. The first-order chi connectivity index (χ1) is 17.5. The maximum atomic E-state index is 12.0. The van der Waals surface area contributed by atoms with Crippen LogP contribution < -0.4 is 15.4 Å². The van der Waals surface area contributed by atoms with Gasteiger partial charge in [-0.25, -0.2) is 9.59 Å². The number of hydrogen-bond donors (Lipinski definition) is 3. The van der Waals surface area contributed by atoms with Crippen LogP contribution in [-0.4, -0.2) is 48.5 Å². The maximum Gasteiger partial charge on any atom is 0.408 e. The van der Waals surface area contributed by atoms with Crippen molar-refractivity contribution in [2.75, 3.05) is 13.7 Å². The smallest absolute Gasteiger partial charge is 0.408 e. The molecule has 0 bridgehead atoms. The Labute approximate surface area is 222 Å². The molecule has 1 aromatic rings. The Balaban J connectivity index is 1.26. The zero-order valence-electron chi connectivity index (χ0n) is 23.3. The SMILES string of the molecule is COc1ccc2c(c1)CC[C@@H]1[C@@H]2CC[C@]2(C)C(NCCCCC(NC(=O)OC(C)(C)C)C(=O)O)CC[C@@H]12. The third-order valence-corrected chi connectivity index (χ3v) is 9.23. The molecular formula is C30H46N2O5. The third-order valence-electron chi connectivity index (χ3n) is 9.23. The predicted octanol–water partition coefficient (Wildman–Crippen LogP) is 5.66. The number of carboxylic acids is 1. The van der Waals surface area contributed by atoms with E-state index in [1.54, 1.807) is 33.4 Å². The minimum atomic E-state index is -1.02. The number of methoxy groups -OCH3 is 1. The summed E-state index contributed by atoms with van der Waals surface area (Å²) in [6.07, 6.45) is 8.79. The average Bonchev–Trinajstić information content (AvgIpc) is 3.17. The van der Waals surface area contributed by atoms with Crippen molar-refractivity contribution in [3.8, 4) is 5.75 Å². The lowest BCUT2D eigenvalue weighted by Gasteiger charge is -2.51. The molecule has 1 amide bonds. The first-order valence-electron chi connectivity index (χ1n) is 14.1. The average molecular weight is 515 g/mol. The highest BCUT2D eigenvalue weighted by Crippen LogP contribution is 2.61. The molecule has 7 nitrogen and oxygen atoms in total. The molecule has 3 aliphatic carbocycles. The van der Waals surface area contributed by atoms with Crippen molar-refractivity contribution in [2.24, 2.45) is 17.3 Å². The zero-order valence-corrected chi connectivity index (χ0v) is 23.3. The Hall–Kier alpha value is -2.28. The Morgan fingerprint density at radius 3 is 2.65 bits per heavy atom. The Morgan fingerprint density at radius 2 is 1.95 bits per heavy atom. The van der Waals surface area contributed by atoms with E-state index in [1.165, 1.54) is 37.7 Å². The van der Waals surface area contributed by atoms with Gasteiger partial charge in [-0.3, -0.25) is 0 Å². The molecule has 7 heteroatoms. The molecule has 37 heavy (non-hydrogen) atoms. The van der Waals surface area contributed by atoms with Crippen molar-refractivity contribution < 1.29 is 24.2 Å². The van der Waals surface area contributed by atoms with Gasteiger partial charge in [-0.05, 0) is 132 Å². The van der Waals surface area contributed by atoms with E-state index in [-0.39, 0.29) is 0 Å². The predicted molar refractivity (Wildman–Crippen MR) is 144 cm³/mol. The van der Waals surface area contributed by atoms with Crippen LogP contribution in [0.25, 0.3) is 0 Å². The monoisotopic (exact) mass is 514 g/mol. The summed E-state index contributed by atoms with van der Waals surface area (Å²) in [5.41, 5.74) is 2.72. The first kappa shape index (κ1) is 27.7. The van der Waals surface area contributed by atoms with E-state index in [4.69, 9.17) is 9.47 Å². The quantitative estimate of drug-likeness (QED) is 0.368. The molecule has 2 fully saturated rings. The normalized spacial score (nSPS) is 29.4. The van der Waals surface area contributed by atoms with Crippen molar-refractivity contribution in [3.63, 3.8) is 0 Å². The van der Waals surface area contributed by atoms with Gasteiger partial charge in [0.1, 0.15) is 17.4 Å². The molecule has 0 radical (unpaired) electrons. The number of amides is 1. The van der Waals surface area contributed by atoms with E-state index in [9.17, 15) is 14.7 Å². The number of rotatable bonds is 9. The highest BCUT2D eigenvalue weighted by atomic mass is 16.6. The van der Waals surface area contributed by atoms with Gasteiger partial charge in [0.2, 0.25) is 0 Å². The van der Waals surface area contributed by atoms with E-state index in [2.05, 4.69) is 35.8 Å². The van der Waals surface area contributed by atoms with E-state index in [1.807, 2.05) is 0 Å². The van der Waals surface area contributed by atoms with Crippen LogP contribution in [-0.2, 0) is 16.0 Å². The Morgan fingerprint density at radius 1 is 1.16 bits per heavy atom. The number of ether oxygens (including phenoxy) is 2. The molecule has 2 saturated carbocycles. The van der Waals surface area contributed by atoms with Crippen molar-refractivity contribution in [3.05, 3.63) is 29.3 Å². The molecule has 0 aromatic heterocycles. The second-order valence-corrected chi connectivity index (χ2v) is 12.6. The van der Waals surface area contributed by atoms with Crippen molar-refractivity contribution in [2.45, 2.75) is 109 Å². The zero-order chi connectivity index (χ0) is 26.8. The third kappa shape index (κ3) is 6.24. The molecule has 3 N–H and O–H groups in total. The molecule has 1 aromatic carbocycles. The van der Waals surface area contributed by atoms with Gasteiger partial charge in [0.15, 0.2) is 0 Å². The van der Waals surface area contributed by atoms with Crippen LogP contribution in [0, 0.1) is 17.3 Å². The maximum absolute atomic E-state index is 12.0. The van der Waals surface area contributed by atoms with Gasteiger partial charge in [-0.2, -0.15) is 0 Å². The van der Waals surface area contributed by atoms with Crippen molar-refractivity contribution in [1.82, 2.24) is 10.6 Å². The van der Waals surface area contributed by atoms with Crippen LogP contribution in [0.15, 0.2) is 18.2 Å². The number of alkyl carbamates (subject to hydrolysis) is 1. The lowest BCUT2D eigenvalue weighted by molar-refractivity contribution is -0.139. The largest absolute Gasteiger partial charge is 0.497 e. The molecule has 0 aliphatic heterocycles. The van der Waals surface area contributed by atoms with Crippen LogP contribution in [0.1, 0.15) is 96.1 Å². The summed E-state index contributed by atoms with van der Waals surface area (Å²) in [6, 6.07) is 6.29. The fourth-order valence-electron chi connectivity index (χ4n) is 7.48.